The lowest BCUT2D eigenvalue weighted by molar-refractivity contribution is -0.183. The van der Waals surface area contributed by atoms with Gasteiger partial charge in [0.05, 0.1) is 17.8 Å². The molecular weight excluding hydrogens is 452 g/mol. The van der Waals surface area contributed by atoms with E-state index >= 15 is 0 Å². The molecule has 5 heteroatoms. The molecule has 10 atom stereocenters. The second kappa shape index (κ2) is 8.39. The highest BCUT2D eigenvalue weighted by atomic mass is 16.7. The molecule has 36 heavy (non-hydrogen) atoms. The van der Waals surface area contributed by atoms with Crippen LogP contribution in [0, 0.1) is 39.4 Å². The number of rotatable bonds is 4. The third kappa shape index (κ3) is 3.52. The van der Waals surface area contributed by atoms with Crippen molar-refractivity contribution in [2.45, 2.75) is 124 Å². The Bertz CT molecular complexity index is 945. The highest BCUT2D eigenvalue weighted by molar-refractivity contribution is 5.50. The van der Waals surface area contributed by atoms with E-state index in [-0.39, 0.29) is 40.0 Å². The van der Waals surface area contributed by atoms with Gasteiger partial charge in [0.2, 0.25) is 0 Å². The third-order valence-electron chi connectivity index (χ3n) is 12.3. The van der Waals surface area contributed by atoms with E-state index in [1.54, 1.807) is 32.1 Å². The van der Waals surface area contributed by atoms with E-state index in [4.69, 9.17) is 9.47 Å². The van der Waals surface area contributed by atoms with Crippen LogP contribution in [0.1, 0.15) is 93.4 Å². The van der Waals surface area contributed by atoms with Gasteiger partial charge in [-0.15, -0.1) is 0 Å². The number of hydrogen-bond acceptors (Lipinski definition) is 5. The molecule has 5 rings (SSSR count). The molecule has 0 amide bonds. The van der Waals surface area contributed by atoms with Gasteiger partial charge in [-0.2, -0.15) is 0 Å². The molecule has 204 valence electrons. The summed E-state index contributed by atoms with van der Waals surface area (Å²) in [7, 11) is 1.70. The van der Waals surface area contributed by atoms with Crippen LogP contribution in [-0.2, 0) is 9.47 Å². The first-order chi connectivity index (χ1) is 16.6. The lowest BCUT2D eigenvalue weighted by atomic mass is 9.44. The van der Waals surface area contributed by atoms with E-state index in [0.29, 0.717) is 18.3 Å². The second-order valence-corrected chi connectivity index (χ2v) is 14.7. The number of hydrogen-bond donors (Lipinski definition) is 3. The van der Waals surface area contributed by atoms with Crippen molar-refractivity contribution < 1.29 is 24.8 Å². The number of aliphatic hydroxyl groups is 3. The minimum atomic E-state index is -1.21. The molecule has 5 nitrogen and oxygen atoms in total. The maximum Gasteiger partial charge on any atom is 0.160 e. The zero-order valence-electron chi connectivity index (χ0n) is 23.8. The Morgan fingerprint density at radius 1 is 1.06 bits per heavy atom. The highest BCUT2D eigenvalue weighted by Gasteiger charge is 2.65. The summed E-state index contributed by atoms with van der Waals surface area (Å²) in [5.41, 5.74) is 2.10. The summed E-state index contributed by atoms with van der Waals surface area (Å²) in [4.78, 5) is 0. The normalized spacial score (nSPS) is 49.0. The summed E-state index contributed by atoms with van der Waals surface area (Å²) in [5, 5.41) is 32.1. The van der Waals surface area contributed by atoms with E-state index < -0.39 is 17.8 Å². The van der Waals surface area contributed by atoms with Gasteiger partial charge >= 0.3 is 0 Å². The van der Waals surface area contributed by atoms with Gasteiger partial charge in [-0.1, -0.05) is 46.8 Å². The lowest BCUT2D eigenvalue weighted by Gasteiger charge is -2.61. The predicted molar refractivity (Wildman–Crippen MR) is 141 cm³/mol. The fourth-order valence-electron chi connectivity index (χ4n) is 9.67. The van der Waals surface area contributed by atoms with Crippen LogP contribution in [0.4, 0.5) is 0 Å². The minimum absolute atomic E-state index is 0.0780. The van der Waals surface area contributed by atoms with Gasteiger partial charge in [0.15, 0.2) is 6.29 Å². The predicted octanol–water partition coefficient (Wildman–Crippen LogP) is 5.38. The summed E-state index contributed by atoms with van der Waals surface area (Å²) >= 11 is 0. The first-order valence-electron chi connectivity index (χ1n) is 14.3. The zero-order valence-corrected chi connectivity index (χ0v) is 23.8. The minimum Gasteiger partial charge on any atom is -0.393 e. The van der Waals surface area contributed by atoms with Crippen LogP contribution in [0.5, 0.6) is 0 Å². The maximum atomic E-state index is 10.8. The lowest BCUT2D eigenvalue weighted by Crippen LogP contribution is -2.54. The Morgan fingerprint density at radius 3 is 2.39 bits per heavy atom. The Hall–Kier alpha value is -0.720. The van der Waals surface area contributed by atoms with Crippen molar-refractivity contribution in [3.63, 3.8) is 0 Å². The quantitative estimate of drug-likeness (QED) is 0.481. The standard InChI is InChI=1S/C31H50O5/c1-27(2)23-10-9-21-20(29(23,5)14-13-24(27)32)12-16-30(6)19(11-15-31(21,30)7)18-17-22(36-26(18)35-8)25(33)28(3,4)34/h9,12,18-19,22-26,32-34H,10-11,13-17H2,1-8H3. The van der Waals surface area contributed by atoms with Crippen LogP contribution in [0.15, 0.2) is 23.3 Å². The van der Waals surface area contributed by atoms with Gasteiger partial charge in [0.1, 0.15) is 6.10 Å². The Kier molecular flexibility index (Phi) is 6.26. The summed E-state index contributed by atoms with van der Waals surface area (Å²) in [6.07, 6.45) is 10.1. The molecule has 10 unspecified atom stereocenters. The Labute approximate surface area is 218 Å². The molecule has 0 aromatic heterocycles. The average molecular weight is 503 g/mol. The molecule has 3 N–H and O–H groups in total. The average Bonchev–Trinajstić information content (AvgIpc) is 3.33. The van der Waals surface area contributed by atoms with E-state index in [2.05, 4.69) is 46.8 Å². The van der Waals surface area contributed by atoms with Crippen molar-refractivity contribution in [1.29, 1.82) is 0 Å². The van der Waals surface area contributed by atoms with Crippen molar-refractivity contribution in [2.24, 2.45) is 39.4 Å². The molecule has 3 fully saturated rings. The van der Waals surface area contributed by atoms with Crippen LogP contribution in [-0.4, -0.2) is 52.6 Å². The van der Waals surface area contributed by atoms with Gasteiger partial charge in [-0.05, 0) is 103 Å². The molecule has 0 aromatic carbocycles. The molecule has 1 saturated heterocycles. The summed E-state index contributed by atoms with van der Waals surface area (Å²) in [6, 6.07) is 0. The SMILES string of the molecule is COC1OC(C(O)C(C)(C)O)CC1C1CCC2(C)C3=CCC4C(C)(CCC(O)C4(C)C)C3=CCC12C. The van der Waals surface area contributed by atoms with Crippen LogP contribution < -0.4 is 0 Å². The molecule has 0 spiro atoms. The number of ether oxygens (including phenoxy) is 2. The van der Waals surface area contributed by atoms with E-state index in [1.807, 2.05) is 0 Å². The first-order valence-corrected chi connectivity index (χ1v) is 14.3. The molecule has 4 aliphatic carbocycles. The van der Waals surface area contributed by atoms with Gasteiger partial charge in [-0.25, -0.2) is 0 Å². The monoisotopic (exact) mass is 502 g/mol. The molecule has 0 bridgehead atoms. The maximum absolute atomic E-state index is 10.8. The smallest absolute Gasteiger partial charge is 0.160 e. The van der Waals surface area contributed by atoms with Crippen LogP contribution >= 0.6 is 0 Å². The number of fused-ring (bicyclic) bond motifs is 5. The summed E-state index contributed by atoms with van der Waals surface area (Å²) < 4.78 is 12.1. The highest BCUT2D eigenvalue weighted by Crippen LogP contribution is 2.72. The van der Waals surface area contributed by atoms with Gasteiger partial charge in [-0.3, -0.25) is 0 Å². The van der Waals surface area contributed by atoms with Crippen molar-refractivity contribution >= 4 is 0 Å². The summed E-state index contributed by atoms with van der Waals surface area (Å²) in [5.74, 6) is 1.06. The Balaban J connectivity index is 1.47. The fraction of sp³-hybridized carbons (Fsp3) is 0.871. The van der Waals surface area contributed by atoms with E-state index in [1.165, 1.54) is 0 Å². The van der Waals surface area contributed by atoms with Crippen molar-refractivity contribution in [2.75, 3.05) is 7.11 Å². The molecular formula is C31H50O5. The van der Waals surface area contributed by atoms with Gasteiger partial charge < -0.3 is 24.8 Å². The second-order valence-electron chi connectivity index (χ2n) is 14.7. The van der Waals surface area contributed by atoms with Crippen LogP contribution in [0.2, 0.25) is 0 Å². The van der Waals surface area contributed by atoms with Gasteiger partial charge in [0, 0.05) is 13.0 Å². The summed E-state index contributed by atoms with van der Waals surface area (Å²) in [6.45, 7) is 15.3. The zero-order chi connectivity index (χ0) is 26.5. The van der Waals surface area contributed by atoms with E-state index in [9.17, 15) is 15.3 Å². The van der Waals surface area contributed by atoms with Crippen LogP contribution in [0.25, 0.3) is 0 Å². The number of aliphatic hydroxyl groups excluding tert-OH is 2. The third-order valence-corrected chi connectivity index (χ3v) is 12.3. The fourth-order valence-corrected chi connectivity index (χ4v) is 9.67. The molecule has 1 heterocycles. The van der Waals surface area contributed by atoms with Crippen molar-refractivity contribution in [3.8, 4) is 0 Å². The Morgan fingerprint density at radius 2 is 1.75 bits per heavy atom. The van der Waals surface area contributed by atoms with Crippen molar-refractivity contribution in [3.05, 3.63) is 23.3 Å². The van der Waals surface area contributed by atoms with Crippen molar-refractivity contribution in [1.82, 2.24) is 0 Å². The number of allylic oxidation sites excluding steroid dienone is 4. The topological polar surface area (TPSA) is 79.2 Å². The number of methoxy groups -OCH3 is 1. The first kappa shape index (κ1) is 26.9. The largest absolute Gasteiger partial charge is 0.393 e. The van der Waals surface area contributed by atoms with E-state index in [0.717, 1.165) is 38.5 Å². The molecule has 2 saturated carbocycles. The molecule has 5 aliphatic rings. The molecule has 0 aromatic rings. The molecule has 1 aliphatic heterocycles. The van der Waals surface area contributed by atoms with Gasteiger partial charge in [0.25, 0.3) is 0 Å². The van der Waals surface area contributed by atoms with Crippen LogP contribution in [0.3, 0.4) is 0 Å². The molecule has 0 radical (unpaired) electrons.